The number of thiazole rings is 1. The number of halogens is 3. The van der Waals surface area contributed by atoms with Gasteiger partial charge in [0.05, 0.1) is 15.7 Å². The Kier molecular flexibility index (Phi) is 4.49. The van der Waals surface area contributed by atoms with Gasteiger partial charge in [0, 0.05) is 10.4 Å². The van der Waals surface area contributed by atoms with E-state index in [0.29, 0.717) is 5.02 Å². The number of benzene rings is 1. The predicted molar refractivity (Wildman–Crippen MR) is 78.5 cm³/mol. The van der Waals surface area contributed by atoms with E-state index in [2.05, 4.69) is 10.3 Å². The highest BCUT2D eigenvalue weighted by Gasteiger charge is 2.17. The molecule has 9 heteroatoms. The van der Waals surface area contributed by atoms with Crippen LogP contribution in [0.15, 0.2) is 17.5 Å². The summed E-state index contributed by atoms with van der Waals surface area (Å²) >= 11 is 18.5. The lowest BCUT2D eigenvalue weighted by Crippen LogP contribution is -2.13. The normalized spacial score (nSPS) is 10.3. The smallest absolute Gasteiger partial charge is 0.355 e. The molecule has 0 bridgehead atoms. The topological polar surface area (TPSA) is 79.3 Å². The number of rotatable bonds is 3. The van der Waals surface area contributed by atoms with E-state index in [0.717, 1.165) is 11.3 Å². The summed E-state index contributed by atoms with van der Waals surface area (Å²) in [5.41, 5.74) is -0.0109. The molecule has 0 saturated carbocycles. The monoisotopic (exact) mass is 350 g/mol. The van der Waals surface area contributed by atoms with Crippen LogP contribution < -0.4 is 5.32 Å². The van der Waals surface area contributed by atoms with Gasteiger partial charge >= 0.3 is 5.97 Å². The second-order valence-corrected chi connectivity index (χ2v) is 5.65. The number of hydrogen-bond acceptors (Lipinski definition) is 4. The van der Waals surface area contributed by atoms with Crippen molar-refractivity contribution in [3.05, 3.63) is 43.3 Å². The van der Waals surface area contributed by atoms with Crippen LogP contribution in [-0.2, 0) is 0 Å². The van der Waals surface area contributed by atoms with Gasteiger partial charge in [0.25, 0.3) is 5.91 Å². The van der Waals surface area contributed by atoms with Crippen molar-refractivity contribution in [2.24, 2.45) is 0 Å². The SMILES string of the molecule is O=C(O)c1csc(C(=O)Nc2c(Cl)cc(Cl)cc2Cl)n1. The molecule has 2 N–H and O–H groups in total. The number of carboxylic acids is 1. The fourth-order valence-corrected chi connectivity index (χ4v) is 2.90. The zero-order valence-electron chi connectivity index (χ0n) is 9.49. The summed E-state index contributed by atoms with van der Waals surface area (Å²) in [6.45, 7) is 0. The van der Waals surface area contributed by atoms with Crippen LogP contribution in [0, 0.1) is 0 Å². The largest absolute Gasteiger partial charge is 0.476 e. The Morgan fingerprint density at radius 2 is 1.80 bits per heavy atom. The molecular weight excluding hydrogens is 347 g/mol. The van der Waals surface area contributed by atoms with E-state index >= 15 is 0 Å². The van der Waals surface area contributed by atoms with E-state index in [1.807, 2.05) is 0 Å². The predicted octanol–water partition coefficient (Wildman–Crippen LogP) is 4.05. The average molecular weight is 352 g/mol. The molecule has 1 heterocycles. The highest BCUT2D eigenvalue weighted by atomic mass is 35.5. The number of aromatic nitrogens is 1. The average Bonchev–Trinajstić information content (AvgIpc) is 2.83. The molecule has 0 radical (unpaired) electrons. The maximum absolute atomic E-state index is 11.9. The summed E-state index contributed by atoms with van der Waals surface area (Å²) in [6.07, 6.45) is 0. The van der Waals surface area contributed by atoms with E-state index < -0.39 is 11.9 Å². The van der Waals surface area contributed by atoms with Crippen molar-refractivity contribution < 1.29 is 14.7 Å². The number of hydrogen-bond donors (Lipinski definition) is 2. The van der Waals surface area contributed by atoms with Gasteiger partial charge in [-0.05, 0) is 12.1 Å². The van der Waals surface area contributed by atoms with Crippen LogP contribution in [0.3, 0.4) is 0 Å². The third-order valence-electron chi connectivity index (χ3n) is 2.16. The minimum atomic E-state index is -1.21. The highest BCUT2D eigenvalue weighted by molar-refractivity contribution is 7.12. The second-order valence-electron chi connectivity index (χ2n) is 3.54. The van der Waals surface area contributed by atoms with Gasteiger partial charge in [-0.1, -0.05) is 34.8 Å². The van der Waals surface area contributed by atoms with Crippen LogP contribution in [0.1, 0.15) is 20.3 Å². The summed E-state index contributed by atoms with van der Waals surface area (Å²) in [7, 11) is 0. The van der Waals surface area contributed by atoms with Gasteiger partial charge in [0.15, 0.2) is 10.7 Å². The minimum Gasteiger partial charge on any atom is -0.476 e. The van der Waals surface area contributed by atoms with Gasteiger partial charge in [0.2, 0.25) is 0 Å². The standard InChI is InChI=1S/C11H5Cl3N2O3S/c12-4-1-5(13)8(6(14)2-4)16-9(17)10-15-7(3-20-10)11(18)19/h1-3H,(H,16,17)(H,18,19). The molecule has 0 unspecified atom stereocenters. The first kappa shape index (κ1) is 15.1. The molecule has 2 aromatic rings. The van der Waals surface area contributed by atoms with Crippen LogP contribution in [0.4, 0.5) is 5.69 Å². The van der Waals surface area contributed by atoms with Crippen molar-refractivity contribution in [1.29, 1.82) is 0 Å². The van der Waals surface area contributed by atoms with Gasteiger partial charge in [0.1, 0.15) is 0 Å². The number of anilines is 1. The van der Waals surface area contributed by atoms with E-state index in [4.69, 9.17) is 39.9 Å². The zero-order valence-corrected chi connectivity index (χ0v) is 12.6. The Morgan fingerprint density at radius 1 is 1.20 bits per heavy atom. The van der Waals surface area contributed by atoms with Gasteiger partial charge in [-0.25, -0.2) is 9.78 Å². The van der Waals surface area contributed by atoms with Crippen molar-refractivity contribution in [2.45, 2.75) is 0 Å². The highest BCUT2D eigenvalue weighted by Crippen LogP contribution is 2.34. The maximum Gasteiger partial charge on any atom is 0.355 e. The lowest BCUT2D eigenvalue weighted by Gasteiger charge is -2.08. The molecule has 104 valence electrons. The Labute approximate surface area is 132 Å². The molecular formula is C11H5Cl3N2O3S. The third kappa shape index (κ3) is 3.21. The molecule has 0 fully saturated rings. The number of carboxylic acid groups (broad SMARTS) is 1. The first-order valence-corrected chi connectivity index (χ1v) is 7.04. The van der Waals surface area contributed by atoms with Crippen molar-refractivity contribution in [1.82, 2.24) is 4.98 Å². The van der Waals surface area contributed by atoms with Crippen LogP contribution in [0.25, 0.3) is 0 Å². The number of carbonyl (C=O) groups excluding carboxylic acids is 1. The van der Waals surface area contributed by atoms with Crippen LogP contribution >= 0.6 is 46.1 Å². The molecule has 1 aromatic heterocycles. The van der Waals surface area contributed by atoms with Gasteiger partial charge < -0.3 is 10.4 Å². The number of amides is 1. The summed E-state index contributed by atoms with van der Waals surface area (Å²) in [5.74, 6) is -1.81. The summed E-state index contributed by atoms with van der Waals surface area (Å²) in [5, 5.41) is 13.1. The van der Waals surface area contributed by atoms with E-state index in [-0.39, 0.29) is 26.4 Å². The Morgan fingerprint density at radius 3 is 2.30 bits per heavy atom. The van der Waals surface area contributed by atoms with Crippen molar-refractivity contribution in [3.8, 4) is 0 Å². The fourth-order valence-electron chi connectivity index (χ4n) is 1.30. The molecule has 0 atom stereocenters. The minimum absolute atomic E-state index is 0.00974. The molecule has 5 nitrogen and oxygen atoms in total. The molecule has 1 aromatic carbocycles. The van der Waals surface area contributed by atoms with Crippen molar-refractivity contribution >= 4 is 63.7 Å². The van der Waals surface area contributed by atoms with Crippen LogP contribution in [0.2, 0.25) is 15.1 Å². The Hall–Kier alpha value is -1.34. The number of carbonyl (C=O) groups is 2. The number of aromatic carboxylic acids is 1. The Bertz CT molecular complexity index is 679. The van der Waals surface area contributed by atoms with E-state index in [9.17, 15) is 9.59 Å². The summed E-state index contributed by atoms with van der Waals surface area (Å²) < 4.78 is 0. The first-order valence-electron chi connectivity index (χ1n) is 5.03. The van der Waals surface area contributed by atoms with Crippen molar-refractivity contribution in [2.75, 3.05) is 5.32 Å². The number of nitrogens with one attached hydrogen (secondary N) is 1. The molecule has 0 saturated heterocycles. The lowest BCUT2D eigenvalue weighted by atomic mass is 10.3. The summed E-state index contributed by atoms with van der Waals surface area (Å²) in [6, 6.07) is 2.85. The maximum atomic E-state index is 11.9. The second kappa shape index (κ2) is 5.97. The molecule has 0 aliphatic rings. The molecule has 0 spiro atoms. The van der Waals surface area contributed by atoms with Crippen LogP contribution in [0.5, 0.6) is 0 Å². The van der Waals surface area contributed by atoms with E-state index in [1.165, 1.54) is 17.5 Å². The number of nitrogens with zero attached hydrogens (tertiary/aromatic N) is 1. The fraction of sp³-hybridized carbons (Fsp3) is 0. The van der Waals surface area contributed by atoms with Crippen molar-refractivity contribution in [3.63, 3.8) is 0 Å². The van der Waals surface area contributed by atoms with Gasteiger partial charge in [-0.2, -0.15) is 0 Å². The van der Waals surface area contributed by atoms with Gasteiger partial charge in [-0.3, -0.25) is 4.79 Å². The molecule has 1 amide bonds. The quantitative estimate of drug-likeness (QED) is 0.874. The first-order chi connectivity index (χ1) is 9.38. The zero-order chi connectivity index (χ0) is 14.9. The van der Waals surface area contributed by atoms with E-state index in [1.54, 1.807) is 0 Å². The van der Waals surface area contributed by atoms with Gasteiger partial charge in [-0.15, -0.1) is 11.3 Å². The van der Waals surface area contributed by atoms with Crippen LogP contribution in [-0.4, -0.2) is 22.0 Å². The Balaban J connectivity index is 2.25. The molecule has 20 heavy (non-hydrogen) atoms. The molecule has 2 rings (SSSR count). The summed E-state index contributed by atoms with van der Waals surface area (Å²) in [4.78, 5) is 26.3. The molecule has 0 aliphatic heterocycles. The third-order valence-corrected chi connectivity index (χ3v) is 3.82. The molecule has 0 aliphatic carbocycles. The lowest BCUT2D eigenvalue weighted by molar-refractivity contribution is 0.0691.